The topological polar surface area (TPSA) is 59.2 Å². The molecule has 5 heteroatoms. The summed E-state index contributed by atoms with van der Waals surface area (Å²) in [5, 5.41) is 0. The van der Waals surface area contributed by atoms with Crippen molar-refractivity contribution in [1.29, 1.82) is 0 Å². The summed E-state index contributed by atoms with van der Waals surface area (Å²) >= 11 is 0. The molecule has 0 radical (unpaired) electrons. The van der Waals surface area contributed by atoms with E-state index in [1.165, 1.54) is 0 Å². The lowest BCUT2D eigenvalue weighted by Crippen LogP contribution is -2.15. The molecule has 2 N–H and O–H groups in total. The molecule has 78 valence electrons. The smallest absolute Gasteiger partial charge is 0.177 e. The molecule has 0 atom stereocenters. The van der Waals surface area contributed by atoms with Crippen molar-refractivity contribution in [2.75, 3.05) is 25.5 Å². The third-order valence-electron chi connectivity index (χ3n) is 1.71. The summed E-state index contributed by atoms with van der Waals surface area (Å²) in [6, 6.07) is 3.53. The lowest BCUT2D eigenvalue weighted by Gasteiger charge is -2.10. The first-order chi connectivity index (χ1) is 6.15. The van der Waals surface area contributed by atoms with Crippen LogP contribution in [-0.4, -0.2) is 31.4 Å². The summed E-state index contributed by atoms with van der Waals surface area (Å²) in [5.74, 6) is 0.742. The van der Waals surface area contributed by atoms with Gasteiger partial charge < -0.3 is 10.6 Å². The van der Waals surface area contributed by atoms with Crippen LogP contribution in [0, 0.1) is 0 Å². The molecular weight excluding hydrogens is 202 g/mol. The second-order valence-electron chi connectivity index (χ2n) is 2.93. The molecule has 0 fully saturated rings. The minimum absolute atomic E-state index is 0. The predicted molar refractivity (Wildman–Crippen MR) is 59.2 cm³/mol. The molecule has 1 aromatic rings. The van der Waals surface area contributed by atoms with Gasteiger partial charge in [-0.05, 0) is 12.1 Å². The van der Waals surface area contributed by atoms with E-state index in [-0.39, 0.29) is 24.7 Å². The second-order valence-corrected chi connectivity index (χ2v) is 2.93. The maximum absolute atomic E-state index is 11.1. The zero-order valence-electron chi connectivity index (χ0n) is 8.23. The van der Waals surface area contributed by atoms with Gasteiger partial charge in [0, 0.05) is 25.9 Å². The highest BCUT2D eigenvalue weighted by atomic mass is 35.5. The summed E-state index contributed by atoms with van der Waals surface area (Å²) in [6.45, 7) is 0.0307. The van der Waals surface area contributed by atoms with Gasteiger partial charge in [-0.25, -0.2) is 4.98 Å². The number of ketones is 1. The number of aromatic nitrogens is 1. The third kappa shape index (κ3) is 2.97. The van der Waals surface area contributed by atoms with Gasteiger partial charge in [0.2, 0.25) is 0 Å². The van der Waals surface area contributed by atoms with Crippen LogP contribution >= 0.6 is 12.4 Å². The van der Waals surface area contributed by atoms with Crippen LogP contribution in [0.25, 0.3) is 0 Å². The average Bonchev–Trinajstić information content (AvgIpc) is 2.17. The van der Waals surface area contributed by atoms with E-state index in [0.717, 1.165) is 5.82 Å². The quantitative estimate of drug-likeness (QED) is 0.755. The van der Waals surface area contributed by atoms with Crippen molar-refractivity contribution in [3.63, 3.8) is 0 Å². The van der Waals surface area contributed by atoms with Crippen LogP contribution in [0.15, 0.2) is 18.3 Å². The Morgan fingerprint density at radius 3 is 2.50 bits per heavy atom. The lowest BCUT2D eigenvalue weighted by molar-refractivity contribution is 0.100. The van der Waals surface area contributed by atoms with Crippen molar-refractivity contribution in [3.05, 3.63) is 23.9 Å². The van der Waals surface area contributed by atoms with Gasteiger partial charge in [0.1, 0.15) is 5.82 Å². The Morgan fingerprint density at radius 1 is 1.50 bits per heavy atom. The highest BCUT2D eigenvalue weighted by molar-refractivity contribution is 5.97. The minimum atomic E-state index is -0.0854. The molecule has 1 aromatic heterocycles. The molecule has 0 bridgehead atoms. The molecule has 14 heavy (non-hydrogen) atoms. The standard InChI is InChI=1S/C9H13N3O.ClH/c1-12(2)9-4-3-7(6-11-9)8(13)5-10;/h3-4,6H,5,10H2,1-2H3;1H. The number of halogens is 1. The SMILES string of the molecule is CN(C)c1ccc(C(=O)CN)cn1.Cl. The molecule has 0 aliphatic heterocycles. The second kappa shape index (κ2) is 5.57. The number of nitrogens with zero attached hydrogens (tertiary/aromatic N) is 2. The van der Waals surface area contributed by atoms with Crippen molar-refractivity contribution >= 4 is 24.0 Å². The van der Waals surface area contributed by atoms with Crippen LogP contribution in [0.2, 0.25) is 0 Å². The zero-order valence-corrected chi connectivity index (χ0v) is 9.04. The van der Waals surface area contributed by atoms with E-state index in [4.69, 9.17) is 5.73 Å². The van der Waals surface area contributed by atoms with Gasteiger partial charge in [-0.2, -0.15) is 0 Å². The first kappa shape index (κ1) is 12.9. The minimum Gasteiger partial charge on any atom is -0.363 e. The molecule has 0 aliphatic carbocycles. The van der Waals surface area contributed by atoms with Gasteiger partial charge in [-0.3, -0.25) is 4.79 Å². The molecule has 0 unspecified atom stereocenters. The number of carbonyl (C=O) groups excluding carboxylic acids is 1. The maximum Gasteiger partial charge on any atom is 0.177 e. The van der Waals surface area contributed by atoms with Crippen molar-refractivity contribution in [1.82, 2.24) is 4.98 Å². The summed E-state index contributed by atoms with van der Waals surface area (Å²) in [7, 11) is 3.79. The van der Waals surface area contributed by atoms with Crippen LogP contribution in [0.4, 0.5) is 5.82 Å². The Balaban J connectivity index is 0.00000169. The molecule has 0 saturated heterocycles. The van der Waals surface area contributed by atoms with Crippen molar-refractivity contribution in [3.8, 4) is 0 Å². The molecule has 1 heterocycles. The summed E-state index contributed by atoms with van der Waals surface area (Å²) in [4.78, 5) is 17.1. The molecule has 0 spiro atoms. The van der Waals surface area contributed by atoms with E-state index >= 15 is 0 Å². The van der Waals surface area contributed by atoms with Crippen LogP contribution in [0.5, 0.6) is 0 Å². The third-order valence-corrected chi connectivity index (χ3v) is 1.71. The number of anilines is 1. The van der Waals surface area contributed by atoms with E-state index in [1.54, 1.807) is 18.3 Å². The maximum atomic E-state index is 11.1. The number of carbonyl (C=O) groups is 1. The molecule has 4 nitrogen and oxygen atoms in total. The fraction of sp³-hybridized carbons (Fsp3) is 0.333. The average molecular weight is 216 g/mol. The predicted octanol–water partition coefficient (Wildman–Crippen LogP) is 0.711. The van der Waals surface area contributed by atoms with E-state index < -0.39 is 0 Å². The van der Waals surface area contributed by atoms with Gasteiger partial charge in [-0.15, -0.1) is 12.4 Å². The fourth-order valence-corrected chi connectivity index (χ4v) is 0.933. The summed E-state index contributed by atoms with van der Waals surface area (Å²) < 4.78 is 0. The van der Waals surface area contributed by atoms with Crippen molar-refractivity contribution < 1.29 is 4.79 Å². The highest BCUT2D eigenvalue weighted by Gasteiger charge is 2.03. The fourth-order valence-electron chi connectivity index (χ4n) is 0.933. The Kier molecular flexibility index (Phi) is 5.12. The lowest BCUT2D eigenvalue weighted by atomic mass is 10.2. The Labute approximate surface area is 89.5 Å². The normalized spacial score (nSPS) is 9.07. The van der Waals surface area contributed by atoms with E-state index in [1.807, 2.05) is 19.0 Å². The Morgan fingerprint density at radius 2 is 2.14 bits per heavy atom. The first-order valence-electron chi connectivity index (χ1n) is 4.02. The molecule has 0 aliphatic rings. The summed E-state index contributed by atoms with van der Waals surface area (Å²) in [6.07, 6.45) is 1.55. The first-order valence-corrected chi connectivity index (χ1v) is 4.02. The molecule has 0 aromatic carbocycles. The largest absolute Gasteiger partial charge is 0.363 e. The number of Topliss-reactive ketones (excluding diaryl/α,β-unsaturated/α-hetero) is 1. The number of hydrogen-bond acceptors (Lipinski definition) is 4. The number of nitrogens with two attached hydrogens (primary N) is 1. The van der Waals surface area contributed by atoms with E-state index in [0.29, 0.717) is 5.56 Å². The molecule has 0 saturated carbocycles. The van der Waals surface area contributed by atoms with Crippen LogP contribution < -0.4 is 10.6 Å². The Hall–Kier alpha value is -1.13. The van der Waals surface area contributed by atoms with Gasteiger partial charge in [0.15, 0.2) is 5.78 Å². The number of pyridine rings is 1. The van der Waals surface area contributed by atoms with E-state index in [2.05, 4.69) is 4.98 Å². The summed E-state index contributed by atoms with van der Waals surface area (Å²) in [5.41, 5.74) is 5.78. The van der Waals surface area contributed by atoms with Gasteiger partial charge in [0.05, 0.1) is 6.54 Å². The highest BCUT2D eigenvalue weighted by Crippen LogP contribution is 2.07. The zero-order chi connectivity index (χ0) is 9.84. The van der Waals surface area contributed by atoms with Gasteiger partial charge in [-0.1, -0.05) is 0 Å². The monoisotopic (exact) mass is 215 g/mol. The van der Waals surface area contributed by atoms with Crippen molar-refractivity contribution in [2.24, 2.45) is 5.73 Å². The number of hydrogen-bond donors (Lipinski definition) is 1. The van der Waals surface area contributed by atoms with Crippen LogP contribution in [-0.2, 0) is 0 Å². The van der Waals surface area contributed by atoms with Crippen molar-refractivity contribution in [2.45, 2.75) is 0 Å². The molecule has 1 rings (SSSR count). The Bertz CT molecular complexity index is 297. The molecular formula is C9H14ClN3O. The van der Waals surface area contributed by atoms with Gasteiger partial charge in [0.25, 0.3) is 0 Å². The van der Waals surface area contributed by atoms with Crippen LogP contribution in [0.1, 0.15) is 10.4 Å². The van der Waals surface area contributed by atoms with E-state index in [9.17, 15) is 4.79 Å². The van der Waals surface area contributed by atoms with Crippen LogP contribution in [0.3, 0.4) is 0 Å². The molecule has 0 amide bonds. The number of rotatable bonds is 3. The van der Waals surface area contributed by atoms with Gasteiger partial charge >= 0.3 is 0 Å².